The second-order valence-corrected chi connectivity index (χ2v) is 9.05. The van der Waals surface area contributed by atoms with Gasteiger partial charge in [0.1, 0.15) is 17.2 Å². The molecule has 1 aliphatic rings. The highest BCUT2D eigenvalue weighted by Crippen LogP contribution is 2.35. The molecule has 0 radical (unpaired) electrons. The Labute approximate surface area is 174 Å². The number of carbonyl (C=O) groups is 3. The number of aliphatic hydroxyl groups excluding tert-OH is 1. The van der Waals surface area contributed by atoms with E-state index >= 15 is 0 Å². The first kappa shape index (κ1) is 26.9. The summed E-state index contributed by atoms with van der Waals surface area (Å²) in [6.45, 7) is 13.9. The van der Waals surface area contributed by atoms with Crippen molar-refractivity contribution in [3.8, 4) is 0 Å². The largest absolute Gasteiger partial charge is 0.458 e. The number of rotatable bonds is 4. The van der Waals surface area contributed by atoms with Crippen molar-refractivity contribution >= 4 is 18.0 Å². The summed E-state index contributed by atoms with van der Waals surface area (Å²) in [5.41, 5.74) is 3.17. The molecular formula is C21H38N2O6. The number of esters is 1. The van der Waals surface area contributed by atoms with E-state index < -0.39 is 29.3 Å². The molecule has 8 nitrogen and oxygen atoms in total. The fourth-order valence-electron chi connectivity index (χ4n) is 3.06. The minimum absolute atomic E-state index is 0.0258. The van der Waals surface area contributed by atoms with Crippen molar-refractivity contribution in [2.24, 2.45) is 11.7 Å². The van der Waals surface area contributed by atoms with Crippen LogP contribution < -0.4 is 5.73 Å². The first-order valence-corrected chi connectivity index (χ1v) is 9.86. The summed E-state index contributed by atoms with van der Waals surface area (Å²) in [7, 11) is 0. The van der Waals surface area contributed by atoms with Crippen LogP contribution in [-0.4, -0.2) is 57.9 Å². The number of hydrogen-bond acceptors (Lipinski definition) is 6. The molecule has 168 valence electrons. The molecule has 3 atom stereocenters. The highest BCUT2D eigenvalue weighted by molar-refractivity contribution is 5.83. The molecule has 29 heavy (non-hydrogen) atoms. The Kier molecular flexibility index (Phi) is 10.4. The third-order valence-corrected chi connectivity index (χ3v) is 3.83. The lowest BCUT2D eigenvalue weighted by Crippen LogP contribution is -2.49. The van der Waals surface area contributed by atoms with Gasteiger partial charge in [0.05, 0.1) is 0 Å². The predicted octanol–water partition coefficient (Wildman–Crippen LogP) is 2.77. The quantitative estimate of drug-likeness (QED) is 0.539. The topological polar surface area (TPSA) is 119 Å². The maximum Gasteiger partial charge on any atom is 0.411 e. The fraction of sp³-hybridized carbons (Fsp3) is 0.762. The zero-order valence-electron chi connectivity index (χ0n) is 19.0. The standard InChI is InChI=1S/C19H33NO5.C2H5NO/c1-8-9-13-12-15(16(22)24-18(2,3)4)20(14(13)10-11-21)17(23)25-19(5,6)7;1-2(3)4/h8-9,13-15,21H,10-12H2,1-7H3;1H3,(H2,3,4)/t13-,14-,15-;/m1./s1. The minimum Gasteiger partial charge on any atom is -0.458 e. The van der Waals surface area contributed by atoms with Crippen molar-refractivity contribution in [2.75, 3.05) is 6.61 Å². The lowest BCUT2D eigenvalue weighted by molar-refractivity contribution is -0.160. The molecule has 1 heterocycles. The van der Waals surface area contributed by atoms with Crippen LogP contribution in [0, 0.1) is 5.92 Å². The number of ether oxygens (including phenoxy) is 2. The van der Waals surface area contributed by atoms with Crippen LogP contribution in [-0.2, 0) is 19.1 Å². The van der Waals surface area contributed by atoms with Gasteiger partial charge in [0.25, 0.3) is 0 Å². The maximum absolute atomic E-state index is 12.8. The van der Waals surface area contributed by atoms with E-state index in [0.717, 1.165) is 0 Å². The molecule has 0 spiro atoms. The van der Waals surface area contributed by atoms with E-state index in [2.05, 4.69) is 5.73 Å². The van der Waals surface area contributed by atoms with Gasteiger partial charge in [0, 0.05) is 25.5 Å². The van der Waals surface area contributed by atoms with Crippen LogP contribution in [0.4, 0.5) is 4.79 Å². The van der Waals surface area contributed by atoms with Gasteiger partial charge in [-0.05, 0) is 61.3 Å². The minimum atomic E-state index is -0.716. The van der Waals surface area contributed by atoms with Crippen molar-refractivity contribution in [3.05, 3.63) is 12.2 Å². The molecule has 8 heteroatoms. The molecule has 1 aliphatic heterocycles. The average Bonchev–Trinajstić information content (AvgIpc) is 2.83. The van der Waals surface area contributed by atoms with Gasteiger partial charge in [-0.2, -0.15) is 0 Å². The molecular weight excluding hydrogens is 376 g/mol. The molecule has 1 saturated heterocycles. The Balaban J connectivity index is 0.00000178. The summed E-state index contributed by atoms with van der Waals surface area (Å²) < 4.78 is 11.0. The monoisotopic (exact) mass is 414 g/mol. The number of amides is 2. The lowest BCUT2D eigenvalue weighted by atomic mass is 9.96. The molecule has 2 amide bonds. The van der Waals surface area contributed by atoms with Gasteiger partial charge in [0.15, 0.2) is 0 Å². The number of primary amides is 1. The number of likely N-dealkylation sites (tertiary alicyclic amines) is 1. The Morgan fingerprint density at radius 3 is 1.97 bits per heavy atom. The molecule has 1 rings (SSSR count). The van der Waals surface area contributed by atoms with Gasteiger partial charge in [0.2, 0.25) is 5.91 Å². The van der Waals surface area contributed by atoms with E-state index in [9.17, 15) is 19.5 Å². The zero-order chi connectivity index (χ0) is 23.0. The molecule has 0 aromatic rings. The third-order valence-electron chi connectivity index (χ3n) is 3.83. The van der Waals surface area contributed by atoms with Crippen molar-refractivity contribution in [3.63, 3.8) is 0 Å². The van der Waals surface area contributed by atoms with Gasteiger partial charge < -0.3 is 20.3 Å². The summed E-state index contributed by atoms with van der Waals surface area (Å²) in [5, 5.41) is 9.44. The number of allylic oxidation sites excluding steroid dienone is 1. The van der Waals surface area contributed by atoms with Crippen LogP contribution in [0.3, 0.4) is 0 Å². The van der Waals surface area contributed by atoms with E-state index in [1.54, 1.807) is 41.5 Å². The number of aliphatic hydroxyl groups is 1. The molecule has 0 bridgehead atoms. The number of nitrogens with zero attached hydrogens (tertiary/aromatic N) is 1. The van der Waals surface area contributed by atoms with E-state index in [-0.39, 0.29) is 24.5 Å². The van der Waals surface area contributed by atoms with Crippen LogP contribution in [0.25, 0.3) is 0 Å². The highest BCUT2D eigenvalue weighted by atomic mass is 16.6. The van der Waals surface area contributed by atoms with Crippen molar-refractivity contribution in [1.82, 2.24) is 4.90 Å². The van der Waals surface area contributed by atoms with Gasteiger partial charge in [-0.1, -0.05) is 12.2 Å². The van der Waals surface area contributed by atoms with Crippen LogP contribution in [0.2, 0.25) is 0 Å². The Bertz CT molecular complexity index is 585. The van der Waals surface area contributed by atoms with E-state index in [4.69, 9.17) is 9.47 Å². The van der Waals surface area contributed by atoms with Crippen molar-refractivity contribution < 1.29 is 29.0 Å². The first-order chi connectivity index (χ1) is 13.1. The van der Waals surface area contributed by atoms with Gasteiger partial charge in [-0.25, -0.2) is 9.59 Å². The molecule has 0 saturated carbocycles. The zero-order valence-corrected chi connectivity index (χ0v) is 19.0. The Hall–Kier alpha value is -2.09. The van der Waals surface area contributed by atoms with Crippen molar-refractivity contribution in [2.45, 2.75) is 91.5 Å². The molecule has 0 aromatic heterocycles. The van der Waals surface area contributed by atoms with Crippen molar-refractivity contribution in [1.29, 1.82) is 0 Å². The Morgan fingerprint density at radius 2 is 1.59 bits per heavy atom. The van der Waals surface area contributed by atoms with E-state index in [1.165, 1.54) is 11.8 Å². The van der Waals surface area contributed by atoms with Gasteiger partial charge in [-0.15, -0.1) is 0 Å². The molecule has 0 unspecified atom stereocenters. The number of carbonyl (C=O) groups excluding carboxylic acids is 3. The second-order valence-electron chi connectivity index (χ2n) is 9.05. The average molecular weight is 415 g/mol. The van der Waals surface area contributed by atoms with Crippen LogP contribution in [0.1, 0.15) is 68.2 Å². The lowest BCUT2D eigenvalue weighted by Gasteiger charge is -2.33. The van der Waals surface area contributed by atoms with Gasteiger partial charge >= 0.3 is 12.1 Å². The molecule has 3 N–H and O–H groups in total. The van der Waals surface area contributed by atoms with E-state index in [1.807, 2.05) is 19.1 Å². The highest BCUT2D eigenvalue weighted by Gasteiger charge is 2.48. The predicted molar refractivity (Wildman–Crippen MR) is 111 cm³/mol. The number of nitrogens with two attached hydrogens (primary N) is 1. The molecule has 0 aromatic carbocycles. The Morgan fingerprint density at radius 1 is 1.10 bits per heavy atom. The first-order valence-electron chi connectivity index (χ1n) is 9.86. The summed E-state index contributed by atoms with van der Waals surface area (Å²) in [6, 6.07) is -1.01. The SMILES string of the molecule is CC(N)=O.CC=C[C@@H]1C[C@H](C(=O)OC(C)(C)C)N(C(=O)OC(C)(C)C)[C@@H]1CCO. The van der Waals surface area contributed by atoms with Gasteiger partial charge in [-0.3, -0.25) is 9.69 Å². The summed E-state index contributed by atoms with van der Waals surface area (Å²) >= 11 is 0. The summed E-state index contributed by atoms with van der Waals surface area (Å²) in [4.78, 5) is 36.1. The summed E-state index contributed by atoms with van der Waals surface area (Å²) in [5.74, 6) is -0.796. The summed E-state index contributed by atoms with van der Waals surface area (Å²) in [6.07, 6.45) is 4.17. The van der Waals surface area contributed by atoms with Crippen LogP contribution >= 0.6 is 0 Å². The van der Waals surface area contributed by atoms with E-state index in [0.29, 0.717) is 12.8 Å². The maximum atomic E-state index is 12.8. The second kappa shape index (κ2) is 11.2. The van der Waals surface area contributed by atoms with Crippen LogP contribution in [0.5, 0.6) is 0 Å². The smallest absolute Gasteiger partial charge is 0.411 e. The normalized spacial score (nSPS) is 22.1. The fourth-order valence-corrected chi connectivity index (χ4v) is 3.06. The molecule has 0 aliphatic carbocycles. The third kappa shape index (κ3) is 10.3. The van der Waals surface area contributed by atoms with Crippen LogP contribution in [0.15, 0.2) is 12.2 Å². The number of hydrogen-bond donors (Lipinski definition) is 2. The molecule has 1 fully saturated rings.